The number of fused-ring (bicyclic) bond motifs is 1. The van der Waals surface area contributed by atoms with Gasteiger partial charge in [-0.2, -0.15) is 0 Å². The lowest BCUT2D eigenvalue weighted by atomic mass is 10.1. The van der Waals surface area contributed by atoms with Crippen LogP contribution in [0.5, 0.6) is 0 Å². The van der Waals surface area contributed by atoms with Crippen LogP contribution in [0.4, 0.5) is 0 Å². The quantitative estimate of drug-likeness (QED) is 0.601. The Morgan fingerprint density at radius 3 is 3.08 bits per heavy atom. The van der Waals surface area contributed by atoms with Crippen LogP contribution in [-0.2, 0) is 4.79 Å². The maximum Gasteiger partial charge on any atom is 0.333 e. The summed E-state index contributed by atoms with van der Waals surface area (Å²) >= 11 is 0. The molecule has 12 heavy (non-hydrogen) atoms. The summed E-state index contributed by atoms with van der Waals surface area (Å²) in [5.74, 6) is -0.424. The van der Waals surface area contributed by atoms with E-state index in [4.69, 9.17) is 5.11 Å². The Morgan fingerprint density at radius 2 is 2.33 bits per heavy atom. The molecule has 2 aliphatic rings. The lowest BCUT2D eigenvalue weighted by Crippen LogP contribution is -2.16. The minimum atomic E-state index is -0.951. The molecule has 0 fully saturated rings. The zero-order chi connectivity index (χ0) is 8.55. The van der Waals surface area contributed by atoms with Gasteiger partial charge in [-0.1, -0.05) is 0 Å². The van der Waals surface area contributed by atoms with Crippen LogP contribution in [0.15, 0.2) is 26.8 Å². The van der Waals surface area contributed by atoms with Gasteiger partial charge in [-0.3, -0.25) is 0 Å². The Labute approximate surface area is 67.9 Å². The van der Waals surface area contributed by atoms with Crippen molar-refractivity contribution in [1.29, 1.82) is 0 Å². The van der Waals surface area contributed by atoms with Gasteiger partial charge in [-0.25, -0.2) is 19.8 Å². The molecule has 0 saturated carbocycles. The highest BCUT2D eigenvalue weighted by molar-refractivity contribution is 6.47. The molecule has 0 atom stereocenters. The molecule has 0 aliphatic carbocycles. The van der Waals surface area contributed by atoms with Crippen LogP contribution in [0.2, 0.25) is 0 Å². The fraction of sp³-hybridized carbons (Fsp3) is 0.143. The number of hydrogen-bond acceptors (Lipinski definition) is 4. The van der Waals surface area contributed by atoms with Crippen molar-refractivity contribution in [2.75, 3.05) is 0 Å². The van der Waals surface area contributed by atoms with Gasteiger partial charge in [0.25, 0.3) is 0 Å². The summed E-state index contributed by atoms with van der Waals surface area (Å²) in [4.78, 5) is 22.1. The van der Waals surface area contributed by atoms with Crippen LogP contribution in [0.3, 0.4) is 0 Å². The largest absolute Gasteiger partial charge is 0.478 e. The SMILES string of the molecule is O=C(O)C1=CN=C2N=CN=C2C1. The predicted octanol–water partition coefficient (Wildman–Crippen LogP) is 0.240. The molecule has 5 heteroatoms. The van der Waals surface area contributed by atoms with Crippen molar-refractivity contribution in [2.24, 2.45) is 15.0 Å². The molecular weight excluding hydrogens is 158 g/mol. The average molecular weight is 163 g/mol. The Morgan fingerprint density at radius 1 is 1.50 bits per heavy atom. The van der Waals surface area contributed by atoms with Gasteiger partial charge in [0.2, 0.25) is 0 Å². The van der Waals surface area contributed by atoms with E-state index in [2.05, 4.69) is 15.0 Å². The van der Waals surface area contributed by atoms with Crippen molar-refractivity contribution in [3.05, 3.63) is 11.8 Å². The first kappa shape index (κ1) is 6.90. The molecule has 0 unspecified atom stereocenters. The van der Waals surface area contributed by atoms with Crippen molar-refractivity contribution in [3.63, 3.8) is 0 Å². The second-order valence-corrected chi connectivity index (χ2v) is 2.41. The lowest BCUT2D eigenvalue weighted by molar-refractivity contribution is -0.132. The third-order valence-electron chi connectivity index (χ3n) is 1.63. The van der Waals surface area contributed by atoms with E-state index in [1.165, 1.54) is 12.5 Å². The van der Waals surface area contributed by atoms with E-state index < -0.39 is 5.97 Å². The van der Waals surface area contributed by atoms with Gasteiger partial charge in [-0.05, 0) is 0 Å². The van der Waals surface area contributed by atoms with Crippen molar-refractivity contribution in [1.82, 2.24) is 0 Å². The molecule has 5 nitrogen and oxygen atoms in total. The maximum absolute atomic E-state index is 10.5. The first-order valence-electron chi connectivity index (χ1n) is 3.37. The molecule has 0 aromatic heterocycles. The first-order chi connectivity index (χ1) is 5.77. The Hall–Kier alpha value is -1.78. The summed E-state index contributed by atoms with van der Waals surface area (Å²) in [5, 5.41) is 8.62. The summed E-state index contributed by atoms with van der Waals surface area (Å²) in [6.07, 6.45) is 3.01. The minimum Gasteiger partial charge on any atom is -0.478 e. The van der Waals surface area contributed by atoms with Gasteiger partial charge < -0.3 is 5.11 Å². The summed E-state index contributed by atoms with van der Waals surface area (Å²) in [6, 6.07) is 0. The molecular formula is C7H5N3O2. The second kappa shape index (κ2) is 2.37. The van der Waals surface area contributed by atoms with Crippen molar-refractivity contribution < 1.29 is 9.90 Å². The number of amidine groups is 1. The lowest BCUT2D eigenvalue weighted by Gasteiger charge is -2.05. The van der Waals surface area contributed by atoms with E-state index in [0.717, 1.165) is 0 Å². The molecule has 60 valence electrons. The van der Waals surface area contributed by atoms with Crippen LogP contribution in [0.1, 0.15) is 6.42 Å². The van der Waals surface area contributed by atoms with E-state index in [1.807, 2.05) is 0 Å². The van der Waals surface area contributed by atoms with E-state index in [1.54, 1.807) is 0 Å². The van der Waals surface area contributed by atoms with Crippen molar-refractivity contribution in [2.45, 2.75) is 6.42 Å². The molecule has 0 aromatic carbocycles. The molecule has 0 saturated heterocycles. The number of nitrogens with zero attached hydrogens (tertiary/aromatic N) is 3. The summed E-state index contributed by atoms with van der Waals surface area (Å²) in [6.45, 7) is 0. The van der Waals surface area contributed by atoms with E-state index in [-0.39, 0.29) is 5.57 Å². The van der Waals surface area contributed by atoms with Gasteiger partial charge in [0, 0.05) is 12.6 Å². The summed E-state index contributed by atoms with van der Waals surface area (Å²) in [5.41, 5.74) is 0.887. The molecule has 2 heterocycles. The molecule has 0 radical (unpaired) electrons. The third kappa shape index (κ3) is 0.952. The first-order valence-corrected chi connectivity index (χ1v) is 3.37. The number of carbonyl (C=O) groups is 1. The van der Waals surface area contributed by atoms with E-state index in [0.29, 0.717) is 18.0 Å². The second-order valence-electron chi connectivity index (χ2n) is 2.41. The van der Waals surface area contributed by atoms with Gasteiger partial charge >= 0.3 is 5.97 Å². The predicted molar refractivity (Wildman–Crippen MR) is 43.7 cm³/mol. The van der Waals surface area contributed by atoms with Crippen LogP contribution in [0.25, 0.3) is 0 Å². The zero-order valence-corrected chi connectivity index (χ0v) is 6.06. The average Bonchev–Trinajstić information content (AvgIpc) is 2.49. The number of aliphatic imine (C=N–C) groups is 3. The van der Waals surface area contributed by atoms with Gasteiger partial charge in [-0.15, -0.1) is 0 Å². The molecule has 1 N–H and O–H groups in total. The molecule has 0 bridgehead atoms. The number of aliphatic carboxylic acids is 1. The third-order valence-corrected chi connectivity index (χ3v) is 1.63. The monoisotopic (exact) mass is 163 g/mol. The Kier molecular flexibility index (Phi) is 1.36. The van der Waals surface area contributed by atoms with Crippen molar-refractivity contribution in [3.8, 4) is 0 Å². The van der Waals surface area contributed by atoms with Crippen LogP contribution < -0.4 is 0 Å². The number of carboxylic acids is 1. The normalized spacial score (nSPS) is 19.5. The molecule has 0 aromatic rings. The van der Waals surface area contributed by atoms with Gasteiger partial charge in [0.05, 0.1) is 11.3 Å². The zero-order valence-electron chi connectivity index (χ0n) is 6.06. The van der Waals surface area contributed by atoms with E-state index in [9.17, 15) is 4.79 Å². The van der Waals surface area contributed by atoms with Crippen molar-refractivity contribution >= 4 is 23.9 Å². The standard InChI is InChI=1S/C7H5N3O2/c11-7(12)4-1-5-6(8-2-4)10-3-9-5/h2-3H,1H2,(H,11,12). The summed E-state index contributed by atoms with van der Waals surface area (Å²) in [7, 11) is 0. The highest BCUT2D eigenvalue weighted by Gasteiger charge is 2.20. The molecule has 2 aliphatic heterocycles. The molecule has 0 spiro atoms. The van der Waals surface area contributed by atoms with Gasteiger partial charge in [0.1, 0.15) is 6.34 Å². The summed E-state index contributed by atoms with van der Waals surface area (Å²) < 4.78 is 0. The fourth-order valence-electron chi connectivity index (χ4n) is 1.01. The fourth-order valence-corrected chi connectivity index (χ4v) is 1.01. The highest BCUT2D eigenvalue weighted by Crippen LogP contribution is 2.13. The molecule has 2 rings (SSSR count). The number of carboxylic acid groups (broad SMARTS) is 1. The highest BCUT2D eigenvalue weighted by atomic mass is 16.4. The smallest absolute Gasteiger partial charge is 0.333 e. The Bertz CT molecular complexity index is 363. The van der Waals surface area contributed by atoms with Crippen LogP contribution in [-0.4, -0.2) is 29.0 Å². The topological polar surface area (TPSA) is 74.4 Å². The number of rotatable bonds is 1. The van der Waals surface area contributed by atoms with E-state index >= 15 is 0 Å². The van der Waals surface area contributed by atoms with Gasteiger partial charge in [0.15, 0.2) is 5.84 Å². The molecule has 0 amide bonds. The Balaban J connectivity index is 2.33. The number of hydrogen-bond donors (Lipinski definition) is 1. The minimum absolute atomic E-state index is 0.253. The maximum atomic E-state index is 10.5. The van der Waals surface area contributed by atoms with Crippen LogP contribution >= 0.6 is 0 Å². The van der Waals surface area contributed by atoms with Crippen LogP contribution in [0, 0.1) is 0 Å².